The number of urea groups is 1. The molecule has 3 rings (SSSR count). The molecular weight excluding hydrogens is 324 g/mol. The van der Waals surface area contributed by atoms with E-state index in [4.69, 9.17) is 9.15 Å². The molecule has 1 fully saturated rings. The number of aliphatic hydroxyl groups is 1. The molecule has 25 heavy (non-hydrogen) atoms. The Labute approximate surface area is 145 Å². The Bertz CT molecular complexity index is 731. The molecule has 7 heteroatoms. The van der Waals surface area contributed by atoms with Crippen LogP contribution in [-0.4, -0.2) is 41.2 Å². The van der Waals surface area contributed by atoms with Crippen molar-refractivity contribution in [3.8, 4) is 0 Å². The van der Waals surface area contributed by atoms with E-state index in [0.717, 1.165) is 10.5 Å². The van der Waals surface area contributed by atoms with Gasteiger partial charge in [-0.1, -0.05) is 30.3 Å². The zero-order valence-corrected chi connectivity index (χ0v) is 13.8. The van der Waals surface area contributed by atoms with Gasteiger partial charge >= 0.3 is 6.03 Å². The highest BCUT2D eigenvalue weighted by Crippen LogP contribution is 2.29. The number of nitrogens with zero attached hydrogens (tertiary/aromatic N) is 1. The molecule has 2 N–H and O–H groups in total. The lowest BCUT2D eigenvalue weighted by molar-refractivity contribution is -0.133. The van der Waals surface area contributed by atoms with Crippen LogP contribution in [0.3, 0.4) is 0 Å². The quantitative estimate of drug-likeness (QED) is 0.745. The highest BCUT2D eigenvalue weighted by molar-refractivity contribution is 6.06. The van der Waals surface area contributed by atoms with Crippen molar-refractivity contribution in [2.75, 3.05) is 13.2 Å². The number of aliphatic hydroxyl groups excluding tert-OH is 1. The van der Waals surface area contributed by atoms with Crippen molar-refractivity contribution in [2.45, 2.75) is 25.2 Å². The molecule has 0 aliphatic carbocycles. The Morgan fingerprint density at radius 3 is 2.68 bits per heavy atom. The van der Waals surface area contributed by atoms with Gasteiger partial charge in [0.15, 0.2) is 5.54 Å². The Balaban J connectivity index is 1.55. The normalized spacial score (nSPS) is 21.4. The van der Waals surface area contributed by atoms with Crippen LogP contribution < -0.4 is 5.32 Å². The molecule has 0 saturated carbocycles. The molecule has 0 unspecified atom stereocenters. The van der Waals surface area contributed by atoms with Crippen molar-refractivity contribution in [1.82, 2.24) is 10.2 Å². The first-order chi connectivity index (χ1) is 12.0. The van der Waals surface area contributed by atoms with Crippen molar-refractivity contribution in [2.24, 2.45) is 0 Å². The fourth-order valence-corrected chi connectivity index (χ4v) is 2.74. The molecule has 1 aliphatic heterocycles. The van der Waals surface area contributed by atoms with Crippen LogP contribution in [0.25, 0.3) is 0 Å². The van der Waals surface area contributed by atoms with Crippen LogP contribution in [0.4, 0.5) is 4.79 Å². The largest absolute Gasteiger partial charge is 0.466 e. The number of benzene rings is 1. The average Bonchev–Trinajstić information content (AvgIpc) is 3.21. The summed E-state index contributed by atoms with van der Waals surface area (Å²) in [5.41, 5.74) is -0.277. The van der Waals surface area contributed by atoms with Crippen molar-refractivity contribution in [1.29, 1.82) is 0 Å². The number of furan rings is 1. The number of ether oxygens (including phenoxy) is 1. The number of hydrogen-bond acceptors (Lipinski definition) is 5. The Hall–Kier alpha value is -2.64. The van der Waals surface area contributed by atoms with E-state index in [0.29, 0.717) is 12.4 Å². The molecule has 2 atom stereocenters. The van der Waals surface area contributed by atoms with Crippen LogP contribution in [0, 0.1) is 0 Å². The molecule has 3 amide bonds. The van der Waals surface area contributed by atoms with Crippen LogP contribution in [0.1, 0.15) is 18.2 Å². The topological polar surface area (TPSA) is 92.0 Å². The number of carbonyl (C=O) groups excluding carboxylic acids is 2. The molecule has 1 aromatic carbocycles. The molecule has 0 radical (unpaired) electrons. The number of carbonyl (C=O) groups is 2. The van der Waals surface area contributed by atoms with E-state index >= 15 is 0 Å². The summed E-state index contributed by atoms with van der Waals surface area (Å²) in [5.74, 6) is -0.113. The lowest BCUT2D eigenvalue weighted by Crippen LogP contribution is -2.42. The zero-order valence-electron chi connectivity index (χ0n) is 13.8. The molecule has 2 aromatic rings. The predicted octanol–water partition coefficient (Wildman–Crippen LogP) is 1.62. The summed E-state index contributed by atoms with van der Waals surface area (Å²) in [6.45, 7) is 1.80. The third-order valence-electron chi connectivity index (χ3n) is 4.10. The SMILES string of the molecule is C[C@]1(c2ccco2)NC(=O)N(C[C@@H](O)COCc2ccccc2)C1=O. The van der Waals surface area contributed by atoms with E-state index in [1.54, 1.807) is 19.1 Å². The number of rotatable bonds is 7. The minimum atomic E-state index is -1.26. The first-order valence-corrected chi connectivity index (χ1v) is 7.98. The van der Waals surface area contributed by atoms with Crippen molar-refractivity contribution in [3.05, 3.63) is 60.1 Å². The average molecular weight is 344 g/mol. The number of amides is 3. The van der Waals surface area contributed by atoms with Crippen molar-refractivity contribution >= 4 is 11.9 Å². The summed E-state index contributed by atoms with van der Waals surface area (Å²) in [5, 5.41) is 12.7. The minimum absolute atomic E-state index is 0.0173. The zero-order chi connectivity index (χ0) is 17.9. The molecule has 2 heterocycles. The van der Waals surface area contributed by atoms with Gasteiger partial charge in [0.25, 0.3) is 5.91 Å². The van der Waals surface area contributed by atoms with Crippen LogP contribution >= 0.6 is 0 Å². The number of imide groups is 1. The van der Waals surface area contributed by atoms with Gasteiger partial charge in [-0.3, -0.25) is 9.69 Å². The third-order valence-corrected chi connectivity index (χ3v) is 4.10. The summed E-state index contributed by atoms with van der Waals surface area (Å²) in [7, 11) is 0. The van der Waals surface area contributed by atoms with Crippen LogP contribution in [0.2, 0.25) is 0 Å². The van der Waals surface area contributed by atoms with E-state index in [1.807, 2.05) is 30.3 Å². The van der Waals surface area contributed by atoms with E-state index in [9.17, 15) is 14.7 Å². The van der Waals surface area contributed by atoms with Gasteiger partial charge in [0.05, 0.1) is 32.1 Å². The van der Waals surface area contributed by atoms with E-state index in [2.05, 4.69) is 5.32 Å². The summed E-state index contributed by atoms with van der Waals surface area (Å²) in [4.78, 5) is 25.7. The molecular formula is C18H20N2O5. The lowest BCUT2D eigenvalue weighted by Gasteiger charge is -2.20. The standard InChI is InChI=1S/C18H20N2O5/c1-18(15-8-5-9-25-15)16(22)20(17(23)19-18)10-14(21)12-24-11-13-6-3-2-4-7-13/h2-9,14,21H,10-12H2,1H3,(H,19,23)/t14-,18-/m1/s1. The fraction of sp³-hybridized carbons (Fsp3) is 0.333. The van der Waals surface area contributed by atoms with Crippen LogP contribution in [-0.2, 0) is 21.7 Å². The maximum atomic E-state index is 12.6. The van der Waals surface area contributed by atoms with Crippen molar-refractivity contribution < 1.29 is 23.8 Å². The van der Waals surface area contributed by atoms with Crippen LogP contribution in [0.5, 0.6) is 0 Å². The first kappa shape index (κ1) is 17.2. The maximum absolute atomic E-state index is 12.6. The number of hydrogen-bond donors (Lipinski definition) is 2. The second kappa shape index (κ2) is 7.08. The molecule has 1 aromatic heterocycles. The van der Waals surface area contributed by atoms with E-state index < -0.39 is 23.6 Å². The lowest BCUT2D eigenvalue weighted by atomic mass is 9.99. The Morgan fingerprint density at radius 1 is 1.24 bits per heavy atom. The van der Waals surface area contributed by atoms with Crippen molar-refractivity contribution in [3.63, 3.8) is 0 Å². The van der Waals surface area contributed by atoms with Gasteiger partial charge in [-0.2, -0.15) is 0 Å². The monoisotopic (exact) mass is 344 g/mol. The Kier molecular flexibility index (Phi) is 4.87. The predicted molar refractivity (Wildman–Crippen MR) is 88.4 cm³/mol. The maximum Gasteiger partial charge on any atom is 0.325 e. The van der Waals surface area contributed by atoms with Crippen LogP contribution in [0.15, 0.2) is 53.1 Å². The van der Waals surface area contributed by atoms with Gasteiger partial charge in [0.2, 0.25) is 0 Å². The second-order valence-corrected chi connectivity index (χ2v) is 6.10. The molecule has 0 spiro atoms. The van der Waals surface area contributed by atoms with Gasteiger partial charge in [0.1, 0.15) is 5.76 Å². The third kappa shape index (κ3) is 3.57. The summed E-state index contributed by atoms with van der Waals surface area (Å²) in [6.07, 6.45) is 0.465. The fourth-order valence-electron chi connectivity index (χ4n) is 2.74. The number of nitrogens with one attached hydrogen (secondary N) is 1. The molecule has 132 valence electrons. The minimum Gasteiger partial charge on any atom is -0.466 e. The second-order valence-electron chi connectivity index (χ2n) is 6.10. The molecule has 0 bridgehead atoms. The highest BCUT2D eigenvalue weighted by Gasteiger charge is 2.51. The molecule has 1 aliphatic rings. The molecule has 1 saturated heterocycles. The van der Waals surface area contributed by atoms with Gasteiger partial charge in [-0.25, -0.2) is 4.79 Å². The van der Waals surface area contributed by atoms with Gasteiger partial charge < -0.3 is 19.6 Å². The Morgan fingerprint density at radius 2 is 2.00 bits per heavy atom. The van der Waals surface area contributed by atoms with Gasteiger partial charge in [-0.15, -0.1) is 0 Å². The summed E-state index contributed by atoms with van der Waals surface area (Å²) < 4.78 is 10.7. The highest BCUT2D eigenvalue weighted by atomic mass is 16.5. The first-order valence-electron chi connectivity index (χ1n) is 7.98. The smallest absolute Gasteiger partial charge is 0.325 e. The number of β-amino-alcohol motifs (C(OH)–C–C–N with tert-alkyl or cyclic N) is 1. The van der Waals surface area contributed by atoms with Gasteiger partial charge in [0, 0.05) is 0 Å². The summed E-state index contributed by atoms with van der Waals surface area (Å²) >= 11 is 0. The van der Waals surface area contributed by atoms with E-state index in [-0.39, 0.29) is 13.2 Å². The molecule has 7 nitrogen and oxygen atoms in total. The summed E-state index contributed by atoms with van der Waals surface area (Å²) in [6, 6.07) is 12.3. The van der Waals surface area contributed by atoms with E-state index in [1.165, 1.54) is 6.26 Å². The van der Waals surface area contributed by atoms with Gasteiger partial charge in [-0.05, 0) is 24.6 Å².